The van der Waals surface area contributed by atoms with Crippen LogP contribution in [0.5, 0.6) is 0 Å². The van der Waals surface area contributed by atoms with Gasteiger partial charge in [0.25, 0.3) is 9.40 Å². The van der Waals surface area contributed by atoms with E-state index >= 15 is 0 Å². The number of fused-ring (bicyclic) bond motifs is 2. The molecule has 5 heteroatoms. The molecule has 0 fully saturated rings. The summed E-state index contributed by atoms with van der Waals surface area (Å²) in [5.74, 6) is 0. The van der Waals surface area contributed by atoms with Gasteiger partial charge in [-0.3, -0.25) is 0 Å². The summed E-state index contributed by atoms with van der Waals surface area (Å²) in [6.07, 6.45) is 0. The number of rotatable bonds is 2. The Kier molecular flexibility index (Phi) is 4.59. The van der Waals surface area contributed by atoms with Gasteiger partial charge in [0.1, 0.15) is 11.0 Å². The van der Waals surface area contributed by atoms with Gasteiger partial charge in [-0.15, -0.1) is 0 Å². The fourth-order valence-corrected chi connectivity index (χ4v) is 3.09. The molecule has 3 nitrogen and oxygen atoms in total. The maximum Gasteiger partial charge on any atom is 0.259 e. The van der Waals surface area contributed by atoms with Gasteiger partial charge in [0, 0.05) is 44.7 Å². The van der Waals surface area contributed by atoms with E-state index in [4.69, 9.17) is 4.98 Å². The molecule has 1 N–H and O–H groups in total. The van der Waals surface area contributed by atoms with Gasteiger partial charge in [-0.25, -0.2) is 4.98 Å². The predicted octanol–water partition coefficient (Wildman–Crippen LogP) is 0.842. The number of benzene rings is 2. The van der Waals surface area contributed by atoms with Gasteiger partial charge < -0.3 is 34.2 Å². The van der Waals surface area contributed by atoms with Crippen LogP contribution in [-0.4, -0.2) is 26.1 Å². The molecule has 0 radical (unpaired) electrons. The minimum absolute atomic E-state index is 0. The Balaban J connectivity index is 0.00000147. The number of nitrogens with zero attached hydrogens (tertiary/aromatic N) is 2. The van der Waals surface area contributed by atoms with Crippen molar-refractivity contribution in [2.45, 2.75) is 0 Å². The minimum Gasteiger partial charge on any atom is -1.00 e. The average molecular weight is 397 g/mol. The molecule has 3 rings (SSSR count). The third-order valence-electron chi connectivity index (χ3n) is 3.17. The molecular formula is C15H16IN3S. The molecule has 3 aromatic rings. The van der Waals surface area contributed by atoms with Crippen LogP contribution in [0.15, 0.2) is 36.4 Å². The molecule has 0 bridgehead atoms. The van der Waals surface area contributed by atoms with Crippen LogP contribution in [0.2, 0.25) is 0 Å². The van der Waals surface area contributed by atoms with E-state index in [2.05, 4.69) is 60.7 Å². The molecule has 104 valence electrons. The zero-order valence-corrected chi connectivity index (χ0v) is 14.6. The van der Waals surface area contributed by atoms with Gasteiger partial charge in [0.2, 0.25) is 11.3 Å². The highest BCUT2D eigenvalue weighted by molar-refractivity contribution is 7.24. The summed E-state index contributed by atoms with van der Waals surface area (Å²) in [5.41, 5.74) is 4.43. The number of nitrogens with one attached hydrogen (secondary N) is 1. The first kappa shape index (κ1) is 15.2. The van der Waals surface area contributed by atoms with Crippen LogP contribution in [0.4, 0.5) is 11.4 Å². The van der Waals surface area contributed by atoms with Gasteiger partial charge in [-0.1, -0.05) is 0 Å². The van der Waals surface area contributed by atoms with E-state index in [9.17, 15) is 0 Å². The summed E-state index contributed by atoms with van der Waals surface area (Å²) in [4.78, 5) is 6.83. The van der Waals surface area contributed by atoms with Crippen molar-refractivity contribution in [2.24, 2.45) is 0 Å². The quantitative estimate of drug-likeness (QED) is 0.395. The van der Waals surface area contributed by atoms with E-state index in [1.807, 2.05) is 7.05 Å². The van der Waals surface area contributed by atoms with E-state index in [-0.39, 0.29) is 24.0 Å². The second-order valence-corrected chi connectivity index (χ2v) is 5.78. The first-order chi connectivity index (χ1) is 9.17. The Morgan fingerprint density at radius 3 is 2.30 bits per heavy atom. The van der Waals surface area contributed by atoms with Crippen LogP contribution in [0, 0.1) is 0 Å². The Morgan fingerprint density at radius 2 is 1.65 bits per heavy atom. The Bertz CT molecular complexity index is 759. The molecule has 0 aliphatic heterocycles. The molecule has 1 heterocycles. The van der Waals surface area contributed by atoms with E-state index in [0.717, 1.165) is 16.7 Å². The Labute approximate surface area is 139 Å². The summed E-state index contributed by atoms with van der Waals surface area (Å²) in [6, 6.07) is 12.7. The maximum absolute atomic E-state index is 4.72. The number of anilines is 2. The fourth-order valence-electron chi connectivity index (χ4n) is 2.05. The van der Waals surface area contributed by atoms with Crippen molar-refractivity contribution in [3.8, 4) is 0 Å². The fraction of sp³-hybridized carbons (Fsp3) is 0.200. The molecular weight excluding hydrogens is 381 g/mol. The third kappa shape index (κ3) is 2.78. The molecule has 0 spiro atoms. The molecule has 1 aromatic heterocycles. The molecule has 0 unspecified atom stereocenters. The van der Waals surface area contributed by atoms with E-state index in [1.165, 1.54) is 15.1 Å². The zero-order valence-electron chi connectivity index (χ0n) is 11.6. The Hall–Kier alpha value is -1.21. The van der Waals surface area contributed by atoms with Crippen LogP contribution >= 0.6 is 11.3 Å². The third-order valence-corrected chi connectivity index (χ3v) is 4.26. The first-order valence-corrected chi connectivity index (χ1v) is 7.02. The highest BCUT2D eigenvalue weighted by atomic mass is 127. The molecule has 0 aliphatic carbocycles. The second kappa shape index (κ2) is 6.05. The zero-order chi connectivity index (χ0) is 13.4. The van der Waals surface area contributed by atoms with Gasteiger partial charge in [0.15, 0.2) is 0 Å². The van der Waals surface area contributed by atoms with Crippen LogP contribution in [0.1, 0.15) is 0 Å². The normalized spacial score (nSPS) is 10.3. The highest BCUT2D eigenvalue weighted by Gasteiger charge is 2.14. The van der Waals surface area contributed by atoms with Gasteiger partial charge in [-0.05, 0) is 24.3 Å². The number of hydrogen-bond acceptors (Lipinski definition) is 3. The van der Waals surface area contributed by atoms with Crippen LogP contribution in [0.25, 0.3) is 20.4 Å². The predicted molar refractivity (Wildman–Crippen MR) is 85.4 cm³/mol. The van der Waals surface area contributed by atoms with E-state index in [0.29, 0.717) is 0 Å². The molecule has 2 aromatic carbocycles. The summed E-state index contributed by atoms with van der Waals surface area (Å²) >= 11 is 1.78. The Morgan fingerprint density at radius 1 is 1.00 bits per heavy atom. The van der Waals surface area contributed by atoms with Crippen molar-refractivity contribution in [3.63, 3.8) is 0 Å². The SMILES string of the molecule is CNc1ccc2nc3ccc(N(C)C)cc3[s+]c2c1.[I-]. The van der Waals surface area contributed by atoms with Crippen LogP contribution in [0.3, 0.4) is 0 Å². The van der Waals surface area contributed by atoms with Gasteiger partial charge in [-0.2, -0.15) is 0 Å². The summed E-state index contributed by atoms with van der Waals surface area (Å²) in [5, 5.41) is 3.17. The molecule has 20 heavy (non-hydrogen) atoms. The number of aromatic nitrogens is 1. The lowest BCUT2D eigenvalue weighted by Gasteiger charge is -2.10. The van der Waals surface area contributed by atoms with Crippen molar-refractivity contribution in [1.82, 2.24) is 4.98 Å². The van der Waals surface area contributed by atoms with Crippen molar-refractivity contribution in [2.75, 3.05) is 31.4 Å². The largest absolute Gasteiger partial charge is 1.00 e. The lowest BCUT2D eigenvalue weighted by atomic mass is 10.2. The molecule has 0 saturated heterocycles. The van der Waals surface area contributed by atoms with Crippen molar-refractivity contribution in [1.29, 1.82) is 0 Å². The standard InChI is InChI=1S/C15H16N3S.HI/c1-16-10-4-6-12-14(8-10)19-15-9-11(18(2)3)5-7-13(15)17-12;/h4-9,16H,1-3H3;1H/q+1;/p-1. The van der Waals surface area contributed by atoms with Crippen molar-refractivity contribution >= 4 is 43.1 Å². The molecule has 0 aliphatic rings. The number of halogens is 1. The summed E-state index contributed by atoms with van der Waals surface area (Å²) < 4.78 is 2.42. The van der Waals surface area contributed by atoms with Crippen LogP contribution in [-0.2, 0) is 0 Å². The first-order valence-electron chi connectivity index (χ1n) is 6.20. The lowest BCUT2D eigenvalue weighted by molar-refractivity contribution is -0.00000379. The van der Waals surface area contributed by atoms with Crippen molar-refractivity contribution < 1.29 is 24.0 Å². The minimum atomic E-state index is 0. The molecule has 0 amide bonds. The smallest absolute Gasteiger partial charge is 0.259 e. The van der Waals surface area contributed by atoms with Gasteiger partial charge >= 0.3 is 0 Å². The maximum atomic E-state index is 4.72. The topological polar surface area (TPSA) is 28.2 Å². The average Bonchev–Trinajstić information content (AvgIpc) is 2.43. The van der Waals surface area contributed by atoms with Crippen LogP contribution < -0.4 is 34.2 Å². The molecule has 0 saturated carbocycles. The lowest BCUT2D eigenvalue weighted by Crippen LogP contribution is -3.00. The van der Waals surface area contributed by atoms with E-state index in [1.54, 1.807) is 11.3 Å². The summed E-state index contributed by atoms with van der Waals surface area (Å²) in [7, 11) is 6.04. The highest BCUT2D eigenvalue weighted by Crippen LogP contribution is 2.30. The molecule has 0 atom stereocenters. The van der Waals surface area contributed by atoms with Crippen molar-refractivity contribution in [3.05, 3.63) is 36.4 Å². The monoisotopic (exact) mass is 397 g/mol. The van der Waals surface area contributed by atoms with E-state index < -0.39 is 0 Å². The second-order valence-electron chi connectivity index (χ2n) is 4.69. The summed E-state index contributed by atoms with van der Waals surface area (Å²) in [6.45, 7) is 0. The number of hydrogen-bond donors (Lipinski definition) is 1. The van der Waals surface area contributed by atoms with Gasteiger partial charge in [0.05, 0.1) is 0 Å².